The Hall–Kier alpha value is -2.95. The number of aryl methyl sites for hydroxylation is 2. The van der Waals surface area contributed by atoms with E-state index < -0.39 is 0 Å². The number of Topliss-reactive ketones (excluding diaryl/α,β-unsaturated/α-hetero) is 1. The van der Waals surface area contributed by atoms with E-state index in [2.05, 4.69) is 15.3 Å². The maximum absolute atomic E-state index is 12.3. The fraction of sp³-hybridized carbons (Fsp3) is 0.286. The summed E-state index contributed by atoms with van der Waals surface area (Å²) in [5.74, 6) is 0.537. The summed E-state index contributed by atoms with van der Waals surface area (Å²) in [6, 6.07) is 13.1. The first-order valence-electron chi connectivity index (χ1n) is 8.78. The van der Waals surface area contributed by atoms with Gasteiger partial charge in [-0.25, -0.2) is 4.98 Å². The fourth-order valence-corrected chi connectivity index (χ4v) is 2.85. The molecule has 0 fully saturated rings. The summed E-state index contributed by atoms with van der Waals surface area (Å²) in [6.07, 6.45) is 0.359. The molecular weight excluding hydrogens is 326 g/mol. The van der Waals surface area contributed by atoms with Gasteiger partial charge in [-0.15, -0.1) is 0 Å². The normalized spacial score (nSPS) is 12.1. The molecule has 1 unspecified atom stereocenters. The molecule has 2 aromatic carbocycles. The highest BCUT2D eigenvalue weighted by molar-refractivity contribution is 5.98. The van der Waals surface area contributed by atoms with Gasteiger partial charge in [0.2, 0.25) is 5.91 Å². The number of rotatable bonds is 6. The van der Waals surface area contributed by atoms with E-state index in [1.807, 2.05) is 63.2 Å². The molecular formula is C21H23N3O2. The van der Waals surface area contributed by atoms with Crippen molar-refractivity contribution >= 4 is 22.7 Å². The third kappa shape index (κ3) is 3.99. The van der Waals surface area contributed by atoms with Gasteiger partial charge in [-0.2, -0.15) is 0 Å². The molecule has 2 N–H and O–H groups in total. The van der Waals surface area contributed by atoms with E-state index in [0.29, 0.717) is 11.4 Å². The van der Waals surface area contributed by atoms with Crippen LogP contribution < -0.4 is 5.32 Å². The molecule has 0 spiro atoms. The monoisotopic (exact) mass is 349 g/mol. The van der Waals surface area contributed by atoms with Crippen LogP contribution in [0.25, 0.3) is 11.0 Å². The minimum atomic E-state index is -0.244. The number of carbonyl (C=O) groups excluding carboxylic acids is 2. The second kappa shape index (κ2) is 7.52. The average molecular weight is 349 g/mol. The van der Waals surface area contributed by atoms with Gasteiger partial charge in [-0.1, -0.05) is 24.3 Å². The Morgan fingerprint density at radius 1 is 1.08 bits per heavy atom. The number of H-pyrrole nitrogens is 1. The number of amides is 1. The van der Waals surface area contributed by atoms with Crippen molar-refractivity contribution in [2.24, 2.45) is 0 Å². The zero-order chi connectivity index (χ0) is 18.7. The maximum atomic E-state index is 12.3. The van der Waals surface area contributed by atoms with Crippen LogP contribution in [-0.2, 0) is 4.79 Å². The molecule has 1 amide bonds. The number of ketones is 1. The predicted octanol–water partition coefficient (Wildman–Crippen LogP) is 4.02. The summed E-state index contributed by atoms with van der Waals surface area (Å²) in [4.78, 5) is 32.2. The van der Waals surface area contributed by atoms with Crippen LogP contribution in [0.5, 0.6) is 0 Å². The molecule has 0 aliphatic rings. The molecule has 5 heteroatoms. The Morgan fingerprint density at radius 3 is 2.58 bits per heavy atom. The summed E-state index contributed by atoms with van der Waals surface area (Å²) in [7, 11) is 0. The molecule has 26 heavy (non-hydrogen) atoms. The number of nitrogens with zero attached hydrogens (tertiary/aromatic N) is 1. The number of carbonyl (C=O) groups is 2. The van der Waals surface area contributed by atoms with Crippen molar-refractivity contribution in [1.29, 1.82) is 0 Å². The summed E-state index contributed by atoms with van der Waals surface area (Å²) in [5, 5.41) is 2.90. The molecule has 1 heterocycles. The van der Waals surface area contributed by atoms with Gasteiger partial charge in [0.05, 0.1) is 17.1 Å². The van der Waals surface area contributed by atoms with Gasteiger partial charge in [0.25, 0.3) is 0 Å². The summed E-state index contributed by atoms with van der Waals surface area (Å²) in [6.45, 7) is 5.87. The number of nitrogens with one attached hydrogen (secondary N) is 2. The zero-order valence-corrected chi connectivity index (χ0v) is 15.3. The maximum Gasteiger partial charge on any atom is 0.221 e. The number of hydrogen-bond donors (Lipinski definition) is 2. The highest BCUT2D eigenvalue weighted by Gasteiger charge is 2.15. The van der Waals surface area contributed by atoms with Crippen LogP contribution in [0.1, 0.15) is 53.1 Å². The molecule has 0 radical (unpaired) electrons. The minimum Gasteiger partial charge on any atom is -0.346 e. The molecule has 0 bridgehead atoms. The van der Waals surface area contributed by atoms with Crippen molar-refractivity contribution in [3.05, 3.63) is 65.0 Å². The molecule has 134 valence electrons. The van der Waals surface area contributed by atoms with E-state index in [1.54, 1.807) is 0 Å². The van der Waals surface area contributed by atoms with Crippen molar-refractivity contribution < 1.29 is 9.59 Å². The van der Waals surface area contributed by atoms with Crippen molar-refractivity contribution in [2.75, 3.05) is 0 Å². The first-order valence-corrected chi connectivity index (χ1v) is 8.78. The molecule has 5 nitrogen and oxygen atoms in total. The highest BCUT2D eigenvalue weighted by atomic mass is 16.2. The van der Waals surface area contributed by atoms with Gasteiger partial charge in [0.15, 0.2) is 5.78 Å². The molecule has 1 aromatic heterocycles. The zero-order valence-electron chi connectivity index (χ0n) is 15.3. The Balaban J connectivity index is 1.56. The minimum absolute atomic E-state index is 0.0142. The number of benzene rings is 2. The second-order valence-corrected chi connectivity index (χ2v) is 6.65. The first-order chi connectivity index (χ1) is 12.4. The van der Waals surface area contributed by atoms with Gasteiger partial charge in [-0.3, -0.25) is 9.59 Å². The highest BCUT2D eigenvalue weighted by Crippen LogP contribution is 2.16. The lowest BCUT2D eigenvalue weighted by Crippen LogP contribution is -2.27. The van der Waals surface area contributed by atoms with Crippen LogP contribution in [-0.4, -0.2) is 21.7 Å². The Kier molecular flexibility index (Phi) is 5.16. The van der Waals surface area contributed by atoms with Gasteiger partial charge in [0.1, 0.15) is 5.82 Å². The molecule has 0 saturated carbocycles. The van der Waals surface area contributed by atoms with Crippen LogP contribution in [0.4, 0.5) is 0 Å². The predicted molar refractivity (Wildman–Crippen MR) is 102 cm³/mol. The van der Waals surface area contributed by atoms with Gasteiger partial charge in [0, 0.05) is 18.4 Å². The van der Waals surface area contributed by atoms with Crippen LogP contribution >= 0.6 is 0 Å². The number of aromatic nitrogens is 2. The number of fused-ring (bicyclic) bond motifs is 1. The Morgan fingerprint density at radius 2 is 1.85 bits per heavy atom. The topological polar surface area (TPSA) is 74.8 Å². The number of para-hydroxylation sites is 2. The van der Waals surface area contributed by atoms with Crippen molar-refractivity contribution in [3.8, 4) is 0 Å². The fourth-order valence-electron chi connectivity index (χ4n) is 2.85. The average Bonchev–Trinajstić information content (AvgIpc) is 3.06. The van der Waals surface area contributed by atoms with Crippen molar-refractivity contribution in [2.45, 2.75) is 39.7 Å². The smallest absolute Gasteiger partial charge is 0.221 e. The molecule has 0 saturated heterocycles. The standard InChI is InChI=1S/C21H23N3O2/c1-13-8-9-16(12-14(13)2)19(25)10-11-20(26)22-15(3)21-23-17-6-4-5-7-18(17)24-21/h4-9,12,15H,10-11H2,1-3H3,(H,22,26)(H,23,24). The molecule has 0 aliphatic heterocycles. The second-order valence-electron chi connectivity index (χ2n) is 6.65. The summed E-state index contributed by atoms with van der Waals surface area (Å²) in [5.41, 5.74) is 4.70. The molecule has 0 aliphatic carbocycles. The lowest BCUT2D eigenvalue weighted by molar-refractivity contribution is -0.121. The summed E-state index contributed by atoms with van der Waals surface area (Å²) >= 11 is 0. The van der Waals surface area contributed by atoms with Crippen LogP contribution in [0.15, 0.2) is 42.5 Å². The SMILES string of the molecule is Cc1ccc(C(=O)CCC(=O)NC(C)c2nc3ccccc3[nH]2)cc1C. The van der Waals surface area contributed by atoms with E-state index in [0.717, 1.165) is 22.2 Å². The van der Waals surface area contributed by atoms with E-state index in [9.17, 15) is 9.59 Å². The van der Waals surface area contributed by atoms with E-state index in [1.165, 1.54) is 0 Å². The van der Waals surface area contributed by atoms with E-state index in [-0.39, 0.29) is 30.6 Å². The number of aromatic amines is 1. The summed E-state index contributed by atoms with van der Waals surface area (Å²) < 4.78 is 0. The molecule has 3 rings (SSSR count). The van der Waals surface area contributed by atoms with Gasteiger partial charge in [-0.05, 0) is 50.1 Å². The first kappa shape index (κ1) is 17.9. The van der Waals surface area contributed by atoms with Crippen LogP contribution in [0.2, 0.25) is 0 Å². The van der Waals surface area contributed by atoms with E-state index >= 15 is 0 Å². The van der Waals surface area contributed by atoms with Crippen LogP contribution in [0, 0.1) is 13.8 Å². The van der Waals surface area contributed by atoms with Crippen molar-refractivity contribution in [1.82, 2.24) is 15.3 Å². The lowest BCUT2D eigenvalue weighted by Gasteiger charge is -2.11. The van der Waals surface area contributed by atoms with Gasteiger partial charge < -0.3 is 10.3 Å². The Labute approximate surface area is 152 Å². The third-order valence-corrected chi connectivity index (χ3v) is 4.60. The number of hydrogen-bond acceptors (Lipinski definition) is 3. The lowest BCUT2D eigenvalue weighted by atomic mass is 10.0. The van der Waals surface area contributed by atoms with Crippen LogP contribution in [0.3, 0.4) is 0 Å². The quantitative estimate of drug-likeness (QED) is 0.660. The number of imidazole rings is 1. The third-order valence-electron chi connectivity index (χ3n) is 4.60. The molecule has 3 aromatic rings. The van der Waals surface area contributed by atoms with Gasteiger partial charge >= 0.3 is 0 Å². The van der Waals surface area contributed by atoms with E-state index in [4.69, 9.17) is 0 Å². The largest absolute Gasteiger partial charge is 0.346 e. The van der Waals surface area contributed by atoms with Crippen molar-refractivity contribution in [3.63, 3.8) is 0 Å². The Bertz CT molecular complexity index is 926. The molecule has 1 atom stereocenters.